The van der Waals surface area contributed by atoms with Gasteiger partial charge in [-0.2, -0.15) is 0 Å². The predicted molar refractivity (Wildman–Crippen MR) is 99.3 cm³/mol. The number of likely N-dealkylation sites (N-methyl/N-ethyl adjacent to an activating group) is 1. The van der Waals surface area contributed by atoms with E-state index in [1.807, 2.05) is 0 Å². The molecule has 0 bridgehead atoms. The summed E-state index contributed by atoms with van der Waals surface area (Å²) in [6.45, 7) is 4.42. The van der Waals surface area contributed by atoms with E-state index in [4.69, 9.17) is 4.99 Å². The van der Waals surface area contributed by atoms with Gasteiger partial charge in [0.1, 0.15) is 0 Å². The molecule has 7 heteroatoms. The number of guanidine groups is 1. The highest BCUT2D eigenvalue weighted by Gasteiger charge is 2.54. The van der Waals surface area contributed by atoms with Crippen molar-refractivity contribution < 1.29 is 14.2 Å². The summed E-state index contributed by atoms with van der Waals surface area (Å²) in [5, 5.41) is 0. The molecule has 26 heavy (non-hydrogen) atoms. The number of carbonyl (C=O) groups excluding carboxylic acids is 2. The molecule has 0 radical (unpaired) electrons. The third kappa shape index (κ3) is 2.72. The lowest BCUT2D eigenvalue weighted by atomic mass is 9.94. The number of fused-ring (bicyclic) bond motifs is 2. The molecule has 0 N–H and O–H groups in total. The molecule has 4 aliphatic rings. The molecule has 1 aliphatic carbocycles. The predicted octanol–water partition coefficient (Wildman–Crippen LogP) is 1.87. The van der Waals surface area contributed by atoms with Gasteiger partial charge in [0.15, 0.2) is 0 Å². The minimum atomic E-state index is -0.420. The van der Waals surface area contributed by atoms with Crippen LogP contribution in [0, 0.1) is 0 Å². The standard InChI is InChI=1S/C19H30N5O2/c1-3-4-11-24-17(25)15-16(21(2)19(24)26)20-18-22(12-8-13-23(15)18)14-9-6-5-7-10-14/h14-15H,3-13H2,1-2H3/q+1. The first-order valence-electron chi connectivity index (χ1n) is 10.2. The van der Waals surface area contributed by atoms with Gasteiger partial charge in [0.25, 0.3) is 5.91 Å². The Morgan fingerprint density at radius 1 is 1.15 bits per heavy atom. The molecule has 1 saturated heterocycles. The van der Waals surface area contributed by atoms with Crippen LogP contribution in [0.3, 0.4) is 0 Å². The summed E-state index contributed by atoms with van der Waals surface area (Å²) in [6.07, 6.45) is 9.13. The molecule has 0 aromatic heterocycles. The largest absolute Gasteiger partial charge is 0.392 e. The molecule has 0 aromatic rings. The van der Waals surface area contributed by atoms with Crippen molar-refractivity contribution in [2.75, 3.05) is 26.7 Å². The van der Waals surface area contributed by atoms with Crippen molar-refractivity contribution in [2.24, 2.45) is 4.99 Å². The summed E-state index contributed by atoms with van der Waals surface area (Å²) < 4.78 is 2.15. The van der Waals surface area contributed by atoms with Gasteiger partial charge >= 0.3 is 12.0 Å². The first-order chi connectivity index (χ1) is 12.6. The molecular formula is C19H30N5O2+. The van der Waals surface area contributed by atoms with Gasteiger partial charge in [-0.15, -0.1) is 0 Å². The molecule has 0 spiro atoms. The zero-order valence-electron chi connectivity index (χ0n) is 16.0. The third-order valence-corrected chi connectivity index (χ3v) is 6.19. The summed E-state index contributed by atoms with van der Waals surface area (Å²) >= 11 is 0. The number of urea groups is 1. The second-order valence-corrected chi connectivity index (χ2v) is 7.89. The molecule has 1 atom stereocenters. The summed E-state index contributed by atoms with van der Waals surface area (Å²) in [7, 11) is 1.75. The maximum absolute atomic E-state index is 13.1. The molecule has 7 nitrogen and oxygen atoms in total. The van der Waals surface area contributed by atoms with Gasteiger partial charge in [-0.3, -0.25) is 19.5 Å². The van der Waals surface area contributed by atoms with Crippen LogP contribution in [0.5, 0.6) is 0 Å². The zero-order valence-corrected chi connectivity index (χ0v) is 16.0. The Morgan fingerprint density at radius 3 is 2.65 bits per heavy atom. The number of unbranched alkanes of at least 4 members (excludes halogenated alkanes) is 1. The quantitative estimate of drug-likeness (QED) is 0.719. The maximum atomic E-state index is 13.1. The normalized spacial score (nSPS) is 27.1. The number of aliphatic imine (C=N–C) groups is 1. The number of rotatable bonds is 4. The monoisotopic (exact) mass is 360 g/mol. The van der Waals surface area contributed by atoms with Crippen molar-refractivity contribution in [3.8, 4) is 0 Å². The van der Waals surface area contributed by atoms with Crippen LogP contribution >= 0.6 is 0 Å². The number of hydrogen-bond donors (Lipinski definition) is 0. The van der Waals surface area contributed by atoms with Crippen molar-refractivity contribution >= 4 is 23.7 Å². The minimum absolute atomic E-state index is 0.0965. The summed E-state index contributed by atoms with van der Waals surface area (Å²) in [4.78, 5) is 36.1. The zero-order chi connectivity index (χ0) is 18.3. The molecule has 1 saturated carbocycles. The average molecular weight is 360 g/mol. The molecule has 2 fully saturated rings. The van der Waals surface area contributed by atoms with E-state index in [-0.39, 0.29) is 11.9 Å². The van der Waals surface area contributed by atoms with E-state index in [2.05, 4.69) is 16.4 Å². The van der Waals surface area contributed by atoms with Crippen LogP contribution in [0.2, 0.25) is 0 Å². The van der Waals surface area contributed by atoms with Crippen molar-refractivity contribution in [3.05, 3.63) is 0 Å². The smallest absolute Gasteiger partial charge is 0.270 e. The van der Waals surface area contributed by atoms with Gasteiger partial charge in [-0.05, 0) is 19.3 Å². The number of amides is 3. The van der Waals surface area contributed by atoms with Crippen molar-refractivity contribution in [1.82, 2.24) is 14.7 Å². The average Bonchev–Trinajstić information content (AvgIpc) is 3.07. The van der Waals surface area contributed by atoms with E-state index in [1.54, 1.807) is 11.9 Å². The minimum Gasteiger partial charge on any atom is -0.270 e. The maximum Gasteiger partial charge on any atom is 0.392 e. The first-order valence-corrected chi connectivity index (χ1v) is 10.2. The number of nitrogens with zero attached hydrogens (tertiary/aromatic N) is 5. The van der Waals surface area contributed by atoms with Gasteiger partial charge in [-0.1, -0.05) is 37.6 Å². The Hall–Kier alpha value is -1.92. The lowest BCUT2D eigenvalue weighted by Gasteiger charge is -2.35. The fourth-order valence-corrected chi connectivity index (χ4v) is 4.74. The first kappa shape index (κ1) is 17.5. The molecule has 3 heterocycles. The van der Waals surface area contributed by atoms with Crippen LogP contribution < -0.4 is 0 Å². The summed E-state index contributed by atoms with van der Waals surface area (Å²) in [5.74, 6) is 1.44. The van der Waals surface area contributed by atoms with Crippen LogP contribution in [-0.2, 0) is 4.79 Å². The molecule has 1 unspecified atom stereocenters. The summed E-state index contributed by atoms with van der Waals surface area (Å²) in [6, 6.07) is -0.127. The Kier molecular flexibility index (Phi) is 4.71. The van der Waals surface area contributed by atoms with Gasteiger partial charge < -0.3 is 0 Å². The van der Waals surface area contributed by atoms with E-state index < -0.39 is 6.04 Å². The van der Waals surface area contributed by atoms with E-state index in [9.17, 15) is 9.59 Å². The highest BCUT2D eigenvalue weighted by Crippen LogP contribution is 2.28. The second kappa shape index (κ2) is 7.00. The Bertz CT molecular complexity index is 665. The van der Waals surface area contributed by atoms with E-state index in [0.717, 1.165) is 38.3 Å². The molecule has 4 rings (SSSR count). The van der Waals surface area contributed by atoms with Crippen LogP contribution in [0.25, 0.3) is 0 Å². The number of hydrogen-bond acceptors (Lipinski definition) is 4. The lowest BCUT2D eigenvalue weighted by molar-refractivity contribution is -0.546. The van der Waals surface area contributed by atoms with Gasteiger partial charge in [0.2, 0.25) is 11.9 Å². The lowest BCUT2D eigenvalue weighted by Crippen LogP contribution is -2.63. The van der Waals surface area contributed by atoms with Crippen LogP contribution in [0.1, 0.15) is 58.3 Å². The fourth-order valence-electron chi connectivity index (χ4n) is 4.74. The highest BCUT2D eigenvalue weighted by atomic mass is 16.2. The van der Waals surface area contributed by atoms with Crippen LogP contribution in [-0.4, -0.2) is 81.8 Å². The van der Waals surface area contributed by atoms with Crippen molar-refractivity contribution in [2.45, 2.75) is 70.4 Å². The Balaban J connectivity index is 1.65. The molecule has 0 aromatic carbocycles. The third-order valence-electron chi connectivity index (χ3n) is 6.19. The van der Waals surface area contributed by atoms with Gasteiger partial charge in [0, 0.05) is 20.0 Å². The number of amidine groups is 1. The van der Waals surface area contributed by atoms with E-state index >= 15 is 0 Å². The molecule has 3 amide bonds. The van der Waals surface area contributed by atoms with Crippen molar-refractivity contribution in [3.63, 3.8) is 0 Å². The fraction of sp³-hybridized carbons (Fsp3) is 0.789. The van der Waals surface area contributed by atoms with Crippen molar-refractivity contribution in [1.29, 1.82) is 0 Å². The van der Waals surface area contributed by atoms with Gasteiger partial charge in [0.05, 0.1) is 19.1 Å². The van der Waals surface area contributed by atoms with Crippen LogP contribution in [0.15, 0.2) is 4.99 Å². The number of carbonyl (C=O) groups is 2. The molecular weight excluding hydrogens is 330 g/mol. The number of imide groups is 1. The van der Waals surface area contributed by atoms with E-state index in [0.29, 0.717) is 18.4 Å². The highest BCUT2D eigenvalue weighted by molar-refractivity contribution is 6.22. The molecule has 3 aliphatic heterocycles. The second-order valence-electron chi connectivity index (χ2n) is 7.89. The summed E-state index contributed by atoms with van der Waals surface area (Å²) in [5.41, 5.74) is 0. The Labute approximate surface area is 155 Å². The van der Waals surface area contributed by atoms with E-state index in [1.165, 1.54) is 37.0 Å². The topological polar surface area (TPSA) is 59.2 Å². The molecule has 142 valence electrons. The van der Waals surface area contributed by atoms with Gasteiger partial charge in [-0.25, -0.2) is 9.37 Å². The Morgan fingerprint density at radius 2 is 1.92 bits per heavy atom. The van der Waals surface area contributed by atoms with Crippen LogP contribution in [0.4, 0.5) is 4.79 Å². The SMILES string of the molecule is CCCCN1C(=O)C2C(=NC3=[N+]2CCCN3C2CCCCC2)N(C)C1=O.